The topological polar surface area (TPSA) is 82.8 Å². The second-order valence-electron chi connectivity index (χ2n) is 3.96. The second-order valence-corrected chi connectivity index (χ2v) is 3.96. The zero-order valence-electron chi connectivity index (χ0n) is 11.6. The lowest BCUT2D eigenvalue weighted by Crippen LogP contribution is -2.24. The molecule has 1 rings (SSSR count). The van der Waals surface area contributed by atoms with Crippen molar-refractivity contribution in [2.75, 3.05) is 28.4 Å². The first kappa shape index (κ1) is 15.1. The minimum atomic E-state index is -0.392. The third-order valence-electron chi connectivity index (χ3n) is 2.87. The van der Waals surface area contributed by atoms with Gasteiger partial charge in [0.1, 0.15) is 5.75 Å². The minimum absolute atomic E-state index is 0.169. The molecule has 1 aromatic carbocycles. The Balaban J connectivity index is 3.26. The normalized spacial score (nSPS) is 11.8. The average Bonchev–Trinajstić information content (AvgIpc) is 2.42. The van der Waals surface area contributed by atoms with E-state index in [0.717, 1.165) is 5.56 Å². The third kappa shape index (κ3) is 3.51. The van der Waals surface area contributed by atoms with Gasteiger partial charge >= 0.3 is 0 Å². The molecule has 0 fully saturated rings. The van der Waals surface area contributed by atoms with Gasteiger partial charge in [-0.05, 0) is 13.1 Å². The summed E-state index contributed by atoms with van der Waals surface area (Å²) in [7, 11) is 6.41. The molecule has 19 heavy (non-hydrogen) atoms. The maximum Gasteiger partial charge on any atom is 0.219 e. The van der Waals surface area contributed by atoms with Gasteiger partial charge in [0.15, 0.2) is 11.5 Å². The van der Waals surface area contributed by atoms with Crippen LogP contribution < -0.4 is 25.3 Å². The number of hydrogen-bond donors (Lipinski definition) is 2. The largest absolute Gasteiger partial charge is 0.496 e. The molecule has 6 nitrogen and oxygen atoms in total. The molecule has 0 aliphatic carbocycles. The van der Waals surface area contributed by atoms with Crippen molar-refractivity contribution in [2.24, 2.45) is 5.73 Å². The monoisotopic (exact) mass is 268 g/mol. The Morgan fingerprint density at radius 3 is 2.11 bits per heavy atom. The van der Waals surface area contributed by atoms with Crippen LogP contribution in [0.1, 0.15) is 18.0 Å². The molecule has 1 unspecified atom stereocenters. The number of primary amides is 1. The van der Waals surface area contributed by atoms with Crippen molar-refractivity contribution in [3.8, 4) is 17.2 Å². The van der Waals surface area contributed by atoms with Crippen LogP contribution >= 0.6 is 0 Å². The van der Waals surface area contributed by atoms with E-state index in [-0.39, 0.29) is 12.5 Å². The molecule has 1 aromatic rings. The predicted octanol–water partition coefficient (Wildman–Crippen LogP) is 0.848. The highest BCUT2D eigenvalue weighted by Crippen LogP contribution is 2.38. The highest BCUT2D eigenvalue weighted by Gasteiger charge is 2.20. The molecule has 0 heterocycles. The zero-order valence-corrected chi connectivity index (χ0v) is 11.6. The van der Waals surface area contributed by atoms with E-state index in [4.69, 9.17) is 19.9 Å². The van der Waals surface area contributed by atoms with Crippen molar-refractivity contribution < 1.29 is 19.0 Å². The number of hydrogen-bond acceptors (Lipinski definition) is 5. The fourth-order valence-electron chi connectivity index (χ4n) is 1.89. The molecule has 0 saturated carbocycles. The van der Waals surface area contributed by atoms with Gasteiger partial charge in [-0.15, -0.1) is 0 Å². The maximum absolute atomic E-state index is 11.1. The number of carbonyl (C=O) groups excluding carboxylic acids is 1. The Morgan fingerprint density at radius 1 is 1.16 bits per heavy atom. The summed E-state index contributed by atoms with van der Waals surface area (Å²) >= 11 is 0. The second kappa shape index (κ2) is 6.84. The van der Waals surface area contributed by atoms with Crippen LogP contribution in [0.4, 0.5) is 0 Å². The van der Waals surface area contributed by atoms with Crippen molar-refractivity contribution in [2.45, 2.75) is 12.5 Å². The Bertz CT molecular complexity index is 449. The highest BCUT2D eigenvalue weighted by molar-refractivity contribution is 5.75. The summed E-state index contributed by atoms with van der Waals surface area (Å²) in [6.45, 7) is 0. The molecule has 0 aliphatic rings. The van der Waals surface area contributed by atoms with Gasteiger partial charge in [0, 0.05) is 24.1 Å². The van der Waals surface area contributed by atoms with Gasteiger partial charge in [-0.1, -0.05) is 0 Å². The molecule has 0 bridgehead atoms. The molecule has 0 spiro atoms. The van der Waals surface area contributed by atoms with Crippen LogP contribution in [0.3, 0.4) is 0 Å². The average molecular weight is 268 g/mol. The van der Waals surface area contributed by atoms with Crippen LogP contribution in [0.25, 0.3) is 0 Å². The van der Waals surface area contributed by atoms with Gasteiger partial charge in [0.25, 0.3) is 0 Å². The number of nitrogens with one attached hydrogen (secondary N) is 1. The Morgan fingerprint density at radius 2 is 1.68 bits per heavy atom. The molecular weight excluding hydrogens is 248 g/mol. The van der Waals surface area contributed by atoms with E-state index in [2.05, 4.69) is 5.32 Å². The van der Waals surface area contributed by atoms with E-state index < -0.39 is 5.91 Å². The molecule has 0 saturated heterocycles. The fraction of sp³-hybridized carbons (Fsp3) is 0.462. The summed E-state index contributed by atoms with van der Waals surface area (Å²) in [5, 5.41) is 3.04. The van der Waals surface area contributed by atoms with E-state index in [1.807, 2.05) is 0 Å². The van der Waals surface area contributed by atoms with Crippen LogP contribution in [-0.2, 0) is 4.79 Å². The van der Waals surface area contributed by atoms with Gasteiger partial charge in [0.2, 0.25) is 5.91 Å². The number of methoxy groups -OCH3 is 3. The summed E-state index contributed by atoms with van der Waals surface area (Å²) in [5.74, 6) is 1.36. The highest BCUT2D eigenvalue weighted by atomic mass is 16.5. The molecule has 0 aromatic heterocycles. The van der Waals surface area contributed by atoms with Crippen molar-refractivity contribution in [1.29, 1.82) is 0 Å². The number of nitrogens with two attached hydrogens (primary N) is 1. The Labute approximate surface area is 112 Å². The first-order valence-corrected chi connectivity index (χ1v) is 5.82. The standard InChI is InChI=1S/C13H20N2O4/c1-15-9(6-13(14)16)8-5-11(18-3)12(19-4)7-10(8)17-2/h5,7,9,15H,6H2,1-4H3,(H2,14,16). The van der Waals surface area contributed by atoms with E-state index in [1.165, 1.54) is 0 Å². The zero-order chi connectivity index (χ0) is 14.4. The molecule has 0 aliphatic heterocycles. The van der Waals surface area contributed by atoms with Crippen molar-refractivity contribution in [3.63, 3.8) is 0 Å². The summed E-state index contributed by atoms with van der Waals surface area (Å²) in [6.07, 6.45) is 0.169. The van der Waals surface area contributed by atoms with E-state index in [0.29, 0.717) is 17.2 Å². The minimum Gasteiger partial charge on any atom is -0.496 e. The number of rotatable bonds is 7. The van der Waals surface area contributed by atoms with Crippen LogP contribution in [-0.4, -0.2) is 34.3 Å². The smallest absolute Gasteiger partial charge is 0.219 e. The van der Waals surface area contributed by atoms with Crippen LogP contribution in [0.5, 0.6) is 17.2 Å². The van der Waals surface area contributed by atoms with E-state index in [9.17, 15) is 4.79 Å². The molecule has 1 amide bonds. The fourth-order valence-corrected chi connectivity index (χ4v) is 1.89. The van der Waals surface area contributed by atoms with Crippen molar-refractivity contribution >= 4 is 5.91 Å². The molecule has 6 heteroatoms. The first-order chi connectivity index (χ1) is 9.07. The van der Waals surface area contributed by atoms with Gasteiger partial charge < -0.3 is 25.3 Å². The lowest BCUT2D eigenvalue weighted by atomic mass is 10.0. The summed E-state index contributed by atoms with van der Waals surface area (Å²) in [4.78, 5) is 11.1. The van der Waals surface area contributed by atoms with Gasteiger partial charge in [-0.25, -0.2) is 0 Å². The Hall–Kier alpha value is -1.95. The van der Waals surface area contributed by atoms with Crippen LogP contribution in [0.15, 0.2) is 12.1 Å². The quantitative estimate of drug-likeness (QED) is 0.766. The van der Waals surface area contributed by atoms with Gasteiger partial charge in [-0.3, -0.25) is 4.79 Å². The summed E-state index contributed by atoms with van der Waals surface area (Å²) < 4.78 is 15.8. The maximum atomic E-state index is 11.1. The number of amides is 1. The molecule has 0 radical (unpaired) electrons. The first-order valence-electron chi connectivity index (χ1n) is 5.82. The molecule has 106 valence electrons. The van der Waals surface area contributed by atoms with Gasteiger partial charge in [0.05, 0.1) is 21.3 Å². The van der Waals surface area contributed by atoms with Crippen molar-refractivity contribution in [3.05, 3.63) is 17.7 Å². The van der Waals surface area contributed by atoms with Crippen LogP contribution in [0, 0.1) is 0 Å². The lowest BCUT2D eigenvalue weighted by molar-refractivity contribution is -0.118. The lowest BCUT2D eigenvalue weighted by Gasteiger charge is -2.20. The van der Waals surface area contributed by atoms with Crippen LogP contribution in [0.2, 0.25) is 0 Å². The SMILES string of the molecule is CNC(CC(N)=O)c1cc(OC)c(OC)cc1OC. The molecule has 3 N–H and O–H groups in total. The third-order valence-corrected chi connectivity index (χ3v) is 2.87. The molecule has 1 atom stereocenters. The van der Waals surface area contributed by atoms with Gasteiger partial charge in [-0.2, -0.15) is 0 Å². The summed E-state index contributed by atoms with van der Waals surface area (Å²) in [5.41, 5.74) is 6.04. The predicted molar refractivity (Wildman–Crippen MR) is 71.7 cm³/mol. The summed E-state index contributed by atoms with van der Waals surface area (Å²) in [6, 6.07) is 3.26. The van der Waals surface area contributed by atoms with E-state index in [1.54, 1.807) is 40.5 Å². The number of carbonyl (C=O) groups is 1. The van der Waals surface area contributed by atoms with Crippen molar-refractivity contribution in [1.82, 2.24) is 5.32 Å². The molecular formula is C13H20N2O4. The number of ether oxygens (including phenoxy) is 3. The number of benzene rings is 1. The Kier molecular flexibility index (Phi) is 5.44. The van der Waals surface area contributed by atoms with E-state index >= 15 is 0 Å².